The first-order valence-corrected chi connectivity index (χ1v) is 5.39. The summed E-state index contributed by atoms with van der Waals surface area (Å²) in [4.78, 5) is 11.6. The second kappa shape index (κ2) is 7.92. The number of halogens is 1. The molecule has 1 aromatic rings. The maximum atomic E-state index is 11.6. The van der Waals surface area contributed by atoms with Crippen molar-refractivity contribution in [3.05, 3.63) is 23.8 Å². The normalized spacial score (nSPS) is 11.5. The van der Waals surface area contributed by atoms with Crippen LogP contribution in [0.3, 0.4) is 0 Å². The zero-order valence-electron chi connectivity index (χ0n) is 10.5. The number of anilines is 1. The Labute approximate surface area is 113 Å². The Kier molecular flexibility index (Phi) is 7.35. The molecular formula is C12H19ClN2O3. The first kappa shape index (κ1) is 16.7. The van der Waals surface area contributed by atoms with Crippen molar-refractivity contribution in [1.29, 1.82) is 0 Å². The van der Waals surface area contributed by atoms with Crippen LogP contribution in [0.4, 0.5) is 5.69 Å². The minimum Gasteiger partial charge on any atom is -0.506 e. The monoisotopic (exact) mass is 274 g/mol. The van der Waals surface area contributed by atoms with E-state index in [9.17, 15) is 9.90 Å². The van der Waals surface area contributed by atoms with Crippen molar-refractivity contribution in [1.82, 2.24) is 0 Å². The summed E-state index contributed by atoms with van der Waals surface area (Å²) in [6.45, 7) is 2.16. The number of aromatic hydroxyl groups is 1. The molecule has 1 atom stereocenters. The summed E-state index contributed by atoms with van der Waals surface area (Å²) in [7, 11) is 1.51. The lowest BCUT2D eigenvalue weighted by molar-refractivity contribution is -0.118. The van der Waals surface area contributed by atoms with Gasteiger partial charge in [0.25, 0.3) is 0 Å². The van der Waals surface area contributed by atoms with Gasteiger partial charge in [-0.2, -0.15) is 0 Å². The van der Waals surface area contributed by atoms with Gasteiger partial charge in [-0.15, -0.1) is 12.4 Å². The standard InChI is InChI=1S/C12H18N2O3.ClH/c1-8-3-4-11(15)10(5-8)14-12(16)6-9(7-13)17-2;/h3-5,9,15H,6-7,13H2,1-2H3,(H,14,16);1H. The van der Waals surface area contributed by atoms with E-state index in [1.165, 1.54) is 7.11 Å². The summed E-state index contributed by atoms with van der Waals surface area (Å²) in [6, 6.07) is 5.02. The average Bonchev–Trinajstić information content (AvgIpc) is 2.31. The van der Waals surface area contributed by atoms with Gasteiger partial charge in [0.05, 0.1) is 18.2 Å². The van der Waals surface area contributed by atoms with E-state index in [1.54, 1.807) is 18.2 Å². The number of phenolic OH excluding ortho intramolecular Hbond substituents is 1. The lowest BCUT2D eigenvalue weighted by Gasteiger charge is -2.13. The molecule has 4 N–H and O–H groups in total. The Morgan fingerprint density at radius 2 is 2.22 bits per heavy atom. The lowest BCUT2D eigenvalue weighted by Crippen LogP contribution is -2.28. The topological polar surface area (TPSA) is 84.6 Å². The zero-order valence-corrected chi connectivity index (χ0v) is 11.3. The predicted molar refractivity (Wildman–Crippen MR) is 73.2 cm³/mol. The van der Waals surface area contributed by atoms with Gasteiger partial charge in [-0.25, -0.2) is 0 Å². The third-order valence-corrected chi connectivity index (χ3v) is 2.44. The molecule has 0 aliphatic rings. The highest BCUT2D eigenvalue weighted by atomic mass is 35.5. The summed E-state index contributed by atoms with van der Waals surface area (Å²) in [6.07, 6.45) is -0.137. The fourth-order valence-corrected chi connectivity index (χ4v) is 1.42. The molecule has 0 aliphatic heterocycles. The minimum absolute atomic E-state index is 0. The number of ether oxygens (including phenoxy) is 1. The van der Waals surface area contributed by atoms with Crippen molar-refractivity contribution in [2.45, 2.75) is 19.4 Å². The van der Waals surface area contributed by atoms with Crippen molar-refractivity contribution in [2.24, 2.45) is 5.73 Å². The van der Waals surface area contributed by atoms with Crippen LogP contribution in [0.2, 0.25) is 0 Å². The number of nitrogens with one attached hydrogen (secondary N) is 1. The molecule has 1 rings (SSSR count). The van der Waals surface area contributed by atoms with Crippen LogP contribution in [0.1, 0.15) is 12.0 Å². The van der Waals surface area contributed by atoms with Gasteiger partial charge in [0.1, 0.15) is 5.75 Å². The van der Waals surface area contributed by atoms with Crippen molar-refractivity contribution >= 4 is 24.0 Å². The molecule has 0 bridgehead atoms. The van der Waals surface area contributed by atoms with Crippen LogP contribution in [0.25, 0.3) is 0 Å². The van der Waals surface area contributed by atoms with Gasteiger partial charge in [-0.05, 0) is 24.6 Å². The van der Waals surface area contributed by atoms with E-state index in [0.29, 0.717) is 5.69 Å². The Morgan fingerprint density at radius 3 is 2.78 bits per heavy atom. The number of benzene rings is 1. The number of aryl methyl sites for hydroxylation is 1. The Bertz CT molecular complexity index is 395. The number of hydrogen-bond donors (Lipinski definition) is 3. The van der Waals surface area contributed by atoms with Gasteiger partial charge < -0.3 is 20.9 Å². The molecule has 0 saturated carbocycles. The largest absolute Gasteiger partial charge is 0.506 e. The molecule has 1 aromatic carbocycles. The van der Waals surface area contributed by atoms with Crippen LogP contribution < -0.4 is 11.1 Å². The number of carbonyl (C=O) groups excluding carboxylic acids is 1. The summed E-state index contributed by atoms with van der Waals surface area (Å²) >= 11 is 0. The van der Waals surface area contributed by atoms with E-state index in [4.69, 9.17) is 10.5 Å². The van der Waals surface area contributed by atoms with Crippen LogP contribution in [0.5, 0.6) is 5.75 Å². The number of phenols is 1. The van der Waals surface area contributed by atoms with Gasteiger partial charge in [-0.3, -0.25) is 4.79 Å². The van der Waals surface area contributed by atoms with Gasteiger partial charge in [0.2, 0.25) is 5.91 Å². The van der Waals surface area contributed by atoms with E-state index in [1.807, 2.05) is 6.92 Å². The highest BCUT2D eigenvalue weighted by molar-refractivity contribution is 5.92. The quantitative estimate of drug-likeness (QED) is 0.709. The summed E-state index contributed by atoms with van der Waals surface area (Å²) in [5, 5.41) is 12.2. The van der Waals surface area contributed by atoms with Crippen molar-refractivity contribution in [2.75, 3.05) is 19.0 Å². The van der Waals surface area contributed by atoms with Crippen LogP contribution in [-0.4, -0.2) is 30.8 Å². The van der Waals surface area contributed by atoms with E-state index in [0.717, 1.165) is 5.56 Å². The molecular weight excluding hydrogens is 256 g/mol. The number of carbonyl (C=O) groups is 1. The fraction of sp³-hybridized carbons (Fsp3) is 0.417. The number of amides is 1. The minimum atomic E-state index is -0.304. The predicted octanol–water partition coefficient (Wildman–Crippen LogP) is 1.42. The molecule has 0 saturated heterocycles. The molecule has 0 spiro atoms. The Morgan fingerprint density at radius 1 is 1.56 bits per heavy atom. The molecule has 0 heterocycles. The maximum absolute atomic E-state index is 11.6. The molecule has 5 nitrogen and oxygen atoms in total. The van der Waals surface area contributed by atoms with Gasteiger partial charge in [-0.1, -0.05) is 6.07 Å². The third-order valence-electron chi connectivity index (χ3n) is 2.44. The average molecular weight is 275 g/mol. The molecule has 18 heavy (non-hydrogen) atoms. The highest BCUT2D eigenvalue weighted by Gasteiger charge is 2.12. The number of hydrogen-bond acceptors (Lipinski definition) is 4. The van der Waals surface area contributed by atoms with Crippen molar-refractivity contribution < 1.29 is 14.6 Å². The van der Waals surface area contributed by atoms with E-state index in [2.05, 4.69) is 5.32 Å². The van der Waals surface area contributed by atoms with E-state index in [-0.39, 0.29) is 43.1 Å². The molecule has 6 heteroatoms. The van der Waals surface area contributed by atoms with Crippen LogP contribution in [0, 0.1) is 6.92 Å². The smallest absolute Gasteiger partial charge is 0.227 e. The molecule has 0 fully saturated rings. The van der Waals surface area contributed by atoms with Gasteiger partial charge in [0.15, 0.2) is 0 Å². The number of rotatable bonds is 5. The summed E-state index contributed by atoms with van der Waals surface area (Å²) < 4.78 is 5.01. The molecule has 102 valence electrons. The fourth-order valence-electron chi connectivity index (χ4n) is 1.42. The van der Waals surface area contributed by atoms with Gasteiger partial charge >= 0.3 is 0 Å². The third kappa shape index (κ3) is 4.91. The Hall–Kier alpha value is -1.30. The highest BCUT2D eigenvalue weighted by Crippen LogP contribution is 2.23. The first-order valence-electron chi connectivity index (χ1n) is 5.39. The Balaban J connectivity index is 0.00000289. The number of methoxy groups -OCH3 is 1. The van der Waals surface area contributed by atoms with Crippen LogP contribution in [0.15, 0.2) is 18.2 Å². The van der Waals surface area contributed by atoms with Crippen molar-refractivity contribution in [3.63, 3.8) is 0 Å². The molecule has 1 amide bonds. The van der Waals surface area contributed by atoms with Gasteiger partial charge in [0, 0.05) is 13.7 Å². The zero-order chi connectivity index (χ0) is 12.8. The summed E-state index contributed by atoms with van der Waals surface area (Å²) in [5.41, 5.74) is 6.79. The van der Waals surface area contributed by atoms with E-state index >= 15 is 0 Å². The summed E-state index contributed by atoms with van der Waals surface area (Å²) in [5.74, 6) is -0.186. The van der Waals surface area contributed by atoms with E-state index < -0.39 is 0 Å². The second-order valence-corrected chi connectivity index (χ2v) is 3.87. The maximum Gasteiger partial charge on any atom is 0.227 e. The molecule has 1 unspecified atom stereocenters. The van der Waals surface area contributed by atoms with Crippen molar-refractivity contribution in [3.8, 4) is 5.75 Å². The lowest BCUT2D eigenvalue weighted by atomic mass is 10.2. The SMILES string of the molecule is COC(CN)CC(=O)Nc1cc(C)ccc1O.Cl. The number of nitrogens with two attached hydrogens (primary N) is 1. The molecule has 0 radical (unpaired) electrons. The molecule has 0 aliphatic carbocycles. The first-order chi connectivity index (χ1) is 8.06. The van der Waals surface area contributed by atoms with Crippen LogP contribution in [-0.2, 0) is 9.53 Å². The van der Waals surface area contributed by atoms with Crippen LogP contribution >= 0.6 is 12.4 Å². The molecule has 0 aromatic heterocycles. The second-order valence-electron chi connectivity index (χ2n) is 3.87.